The van der Waals surface area contributed by atoms with Gasteiger partial charge in [0.2, 0.25) is 5.95 Å². The van der Waals surface area contributed by atoms with Crippen LogP contribution in [0.5, 0.6) is 0 Å². The van der Waals surface area contributed by atoms with Crippen molar-refractivity contribution in [3.63, 3.8) is 0 Å². The Morgan fingerprint density at radius 3 is 2.40 bits per heavy atom. The summed E-state index contributed by atoms with van der Waals surface area (Å²) in [7, 11) is 1.37. The van der Waals surface area contributed by atoms with E-state index in [4.69, 9.17) is 4.74 Å². The average molecular weight is 340 g/mol. The van der Waals surface area contributed by atoms with Crippen molar-refractivity contribution in [2.75, 3.05) is 17.7 Å². The van der Waals surface area contributed by atoms with Crippen LogP contribution < -0.4 is 10.6 Å². The van der Waals surface area contributed by atoms with Crippen LogP contribution in [-0.4, -0.2) is 28.6 Å². The summed E-state index contributed by atoms with van der Waals surface area (Å²) >= 11 is 0. The molecule has 3 rings (SSSR count). The molecule has 6 heteroatoms. The number of benzene rings is 1. The Bertz CT molecular complexity index is 762. The summed E-state index contributed by atoms with van der Waals surface area (Å²) in [5, 5.41) is 6.63. The highest BCUT2D eigenvalue weighted by Gasteiger charge is 2.26. The molecular formula is C19H24N4O2. The van der Waals surface area contributed by atoms with E-state index in [2.05, 4.69) is 41.4 Å². The number of rotatable bonds is 5. The molecule has 0 spiro atoms. The normalized spacial score (nSPS) is 14.1. The van der Waals surface area contributed by atoms with Crippen molar-refractivity contribution >= 4 is 23.4 Å². The molecule has 1 aliphatic carbocycles. The lowest BCUT2D eigenvalue weighted by molar-refractivity contribution is 0.0601. The number of ether oxygens (including phenoxy) is 1. The van der Waals surface area contributed by atoms with Crippen molar-refractivity contribution in [3.8, 4) is 0 Å². The molecule has 0 bridgehead atoms. The number of anilines is 3. The largest absolute Gasteiger partial charge is 0.465 e. The van der Waals surface area contributed by atoms with Crippen LogP contribution in [-0.2, 0) is 4.74 Å². The highest BCUT2D eigenvalue weighted by molar-refractivity contribution is 5.89. The second-order valence-corrected chi connectivity index (χ2v) is 7.34. The molecule has 0 unspecified atom stereocenters. The van der Waals surface area contributed by atoms with E-state index in [-0.39, 0.29) is 11.5 Å². The van der Waals surface area contributed by atoms with Crippen molar-refractivity contribution in [2.45, 2.75) is 45.1 Å². The Labute approximate surface area is 148 Å². The fraction of sp³-hybridized carbons (Fsp3) is 0.421. The lowest BCUT2D eigenvalue weighted by Gasteiger charge is -2.21. The minimum atomic E-state index is -0.346. The van der Waals surface area contributed by atoms with Crippen LogP contribution in [0.4, 0.5) is 17.5 Å². The predicted molar refractivity (Wildman–Crippen MR) is 98.4 cm³/mol. The summed E-state index contributed by atoms with van der Waals surface area (Å²) < 4.78 is 4.72. The molecule has 0 saturated heterocycles. The third-order valence-electron chi connectivity index (χ3n) is 3.81. The Morgan fingerprint density at radius 1 is 1.16 bits per heavy atom. The molecule has 0 atom stereocenters. The molecule has 0 amide bonds. The summed E-state index contributed by atoms with van der Waals surface area (Å²) in [6, 6.07) is 9.13. The first-order chi connectivity index (χ1) is 11.8. The molecule has 0 radical (unpaired) electrons. The van der Waals surface area contributed by atoms with Gasteiger partial charge in [0, 0.05) is 23.2 Å². The Kier molecular flexibility index (Phi) is 4.61. The van der Waals surface area contributed by atoms with Gasteiger partial charge in [0.05, 0.1) is 18.4 Å². The van der Waals surface area contributed by atoms with E-state index in [1.54, 1.807) is 12.1 Å². The van der Waals surface area contributed by atoms with Crippen molar-refractivity contribution in [3.05, 3.63) is 41.6 Å². The quantitative estimate of drug-likeness (QED) is 0.798. The number of aromatic nitrogens is 2. The zero-order valence-electron chi connectivity index (χ0n) is 15.1. The average Bonchev–Trinajstić information content (AvgIpc) is 3.38. The van der Waals surface area contributed by atoms with Gasteiger partial charge in [-0.1, -0.05) is 0 Å². The third kappa shape index (κ3) is 4.68. The zero-order valence-corrected chi connectivity index (χ0v) is 15.1. The lowest BCUT2D eigenvalue weighted by atomic mass is 10.1. The van der Waals surface area contributed by atoms with Crippen LogP contribution in [0.1, 0.15) is 55.6 Å². The van der Waals surface area contributed by atoms with Gasteiger partial charge in [-0.05, 0) is 57.9 Å². The molecule has 1 heterocycles. The van der Waals surface area contributed by atoms with E-state index in [9.17, 15) is 4.79 Å². The Morgan fingerprint density at radius 2 is 1.84 bits per heavy atom. The van der Waals surface area contributed by atoms with E-state index in [1.165, 1.54) is 20.0 Å². The zero-order chi connectivity index (χ0) is 18.0. The van der Waals surface area contributed by atoms with Gasteiger partial charge in [-0.25, -0.2) is 9.78 Å². The van der Waals surface area contributed by atoms with Crippen LogP contribution in [0.3, 0.4) is 0 Å². The minimum Gasteiger partial charge on any atom is -0.465 e. The van der Waals surface area contributed by atoms with Gasteiger partial charge in [0.15, 0.2) is 0 Å². The number of hydrogen-bond acceptors (Lipinski definition) is 6. The summed E-state index contributed by atoms with van der Waals surface area (Å²) in [5.41, 5.74) is 2.33. The number of nitrogens with zero attached hydrogens (tertiary/aromatic N) is 2. The summed E-state index contributed by atoms with van der Waals surface area (Å²) in [6.07, 6.45) is 2.36. The molecule has 0 aliphatic heterocycles. The van der Waals surface area contributed by atoms with Crippen LogP contribution in [0, 0.1) is 0 Å². The maximum atomic E-state index is 11.5. The van der Waals surface area contributed by atoms with Crippen molar-refractivity contribution in [2.24, 2.45) is 0 Å². The standard InChI is InChI=1S/C19H24N4O2/c1-19(2,3)23-18-21-15(12-5-6-12)11-16(22-18)20-14-9-7-13(8-10-14)17(24)25-4/h7-12H,5-6H2,1-4H3,(H2,20,21,22,23). The van der Waals surface area contributed by atoms with Gasteiger partial charge >= 0.3 is 5.97 Å². The molecule has 1 aliphatic rings. The van der Waals surface area contributed by atoms with Crippen LogP contribution in [0.2, 0.25) is 0 Å². The van der Waals surface area contributed by atoms with Crippen LogP contribution in [0.15, 0.2) is 30.3 Å². The molecule has 2 aromatic rings. The number of carbonyl (C=O) groups excluding carboxylic acids is 1. The summed E-state index contributed by atoms with van der Waals surface area (Å²) in [4.78, 5) is 20.7. The predicted octanol–water partition coefficient (Wildman–Crippen LogP) is 4.09. The molecule has 25 heavy (non-hydrogen) atoms. The monoisotopic (exact) mass is 340 g/mol. The molecule has 6 nitrogen and oxygen atoms in total. The topological polar surface area (TPSA) is 76.1 Å². The second-order valence-electron chi connectivity index (χ2n) is 7.34. The fourth-order valence-electron chi connectivity index (χ4n) is 2.46. The molecule has 1 aromatic heterocycles. The van der Waals surface area contributed by atoms with Gasteiger partial charge in [-0.3, -0.25) is 0 Å². The molecule has 1 fully saturated rings. The first kappa shape index (κ1) is 17.2. The summed E-state index contributed by atoms with van der Waals surface area (Å²) in [5.74, 6) is 1.56. The molecule has 132 valence electrons. The van der Waals surface area contributed by atoms with Crippen molar-refractivity contribution < 1.29 is 9.53 Å². The highest BCUT2D eigenvalue weighted by atomic mass is 16.5. The fourth-order valence-corrected chi connectivity index (χ4v) is 2.46. The van der Waals surface area contributed by atoms with Crippen molar-refractivity contribution in [1.82, 2.24) is 9.97 Å². The molecule has 1 aromatic carbocycles. The molecule has 2 N–H and O–H groups in total. The van der Waals surface area contributed by atoms with E-state index < -0.39 is 0 Å². The molecular weight excluding hydrogens is 316 g/mol. The Balaban J connectivity index is 1.82. The van der Waals surface area contributed by atoms with Crippen LogP contribution >= 0.6 is 0 Å². The van der Waals surface area contributed by atoms with Gasteiger partial charge in [-0.2, -0.15) is 4.98 Å². The van der Waals surface area contributed by atoms with Gasteiger partial charge < -0.3 is 15.4 Å². The summed E-state index contributed by atoms with van der Waals surface area (Å²) in [6.45, 7) is 6.25. The maximum absolute atomic E-state index is 11.5. The highest BCUT2D eigenvalue weighted by Crippen LogP contribution is 2.40. The number of methoxy groups -OCH3 is 1. The van der Waals surface area contributed by atoms with Crippen molar-refractivity contribution in [1.29, 1.82) is 0 Å². The maximum Gasteiger partial charge on any atom is 0.337 e. The SMILES string of the molecule is COC(=O)c1ccc(Nc2cc(C3CC3)nc(NC(C)(C)C)n2)cc1. The smallest absolute Gasteiger partial charge is 0.337 e. The Hall–Kier alpha value is -2.63. The van der Waals surface area contributed by atoms with E-state index in [1.807, 2.05) is 18.2 Å². The van der Waals surface area contributed by atoms with Gasteiger partial charge in [0.1, 0.15) is 5.82 Å². The van der Waals surface area contributed by atoms with Gasteiger partial charge in [-0.15, -0.1) is 0 Å². The second kappa shape index (κ2) is 6.70. The van der Waals surface area contributed by atoms with E-state index >= 15 is 0 Å². The first-order valence-electron chi connectivity index (χ1n) is 8.46. The first-order valence-corrected chi connectivity index (χ1v) is 8.46. The van der Waals surface area contributed by atoms with Gasteiger partial charge in [0.25, 0.3) is 0 Å². The van der Waals surface area contributed by atoms with Crippen LogP contribution in [0.25, 0.3) is 0 Å². The minimum absolute atomic E-state index is 0.110. The number of carbonyl (C=O) groups is 1. The van der Waals surface area contributed by atoms with E-state index in [0.29, 0.717) is 17.4 Å². The lowest BCUT2D eigenvalue weighted by Crippen LogP contribution is -2.27. The molecule has 1 saturated carbocycles. The van der Waals surface area contributed by atoms with E-state index in [0.717, 1.165) is 17.2 Å². The number of esters is 1. The number of hydrogen-bond donors (Lipinski definition) is 2. The third-order valence-corrected chi connectivity index (χ3v) is 3.81. The number of nitrogens with one attached hydrogen (secondary N) is 2.